The van der Waals surface area contributed by atoms with Crippen LogP contribution in [0.3, 0.4) is 0 Å². The number of para-hydroxylation sites is 1. The molecule has 33 heavy (non-hydrogen) atoms. The van der Waals surface area contributed by atoms with Gasteiger partial charge in [-0.25, -0.2) is 18.4 Å². The van der Waals surface area contributed by atoms with Crippen LogP contribution in [0.15, 0.2) is 59.5 Å². The highest BCUT2D eigenvalue weighted by Crippen LogP contribution is 2.19. The molecular formula is C20H22N8O4S. The molecule has 1 fully saturated rings. The van der Waals surface area contributed by atoms with Gasteiger partial charge < -0.3 is 20.3 Å². The van der Waals surface area contributed by atoms with E-state index in [9.17, 15) is 13.2 Å². The van der Waals surface area contributed by atoms with Crippen molar-refractivity contribution in [1.29, 1.82) is 0 Å². The number of nitrogens with zero attached hydrogens (tertiary/aromatic N) is 4. The monoisotopic (exact) mass is 470 g/mol. The molecule has 13 heteroatoms. The third-order valence-corrected chi connectivity index (χ3v) is 5.54. The molecule has 12 nitrogen and oxygen atoms in total. The number of benzene rings is 2. The number of morpholine rings is 1. The van der Waals surface area contributed by atoms with E-state index in [1.165, 1.54) is 24.3 Å². The lowest BCUT2D eigenvalue weighted by Gasteiger charge is -2.27. The molecule has 2 amide bonds. The Morgan fingerprint density at radius 2 is 1.55 bits per heavy atom. The number of nitrogens with one attached hydrogen (secondary N) is 3. The van der Waals surface area contributed by atoms with Crippen LogP contribution in [0.25, 0.3) is 0 Å². The van der Waals surface area contributed by atoms with E-state index in [2.05, 4.69) is 30.9 Å². The smallest absolute Gasteiger partial charge is 0.326 e. The molecule has 0 atom stereocenters. The highest BCUT2D eigenvalue weighted by atomic mass is 32.2. The minimum Gasteiger partial charge on any atom is -0.378 e. The molecule has 5 N–H and O–H groups in total. The zero-order valence-electron chi connectivity index (χ0n) is 17.4. The first-order valence-corrected chi connectivity index (χ1v) is 11.5. The maximum Gasteiger partial charge on any atom is 0.326 e. The Kier molecular flexibility index (Phi) is 6.63. The van der Waals surface area contributed by atoms with Gasteiger partial charge in [-0.2, -0.15) is 15.0 Å². The van der Waals surface area contributed by atoms with Gasteiger partial charge in [0.2, 0.25) is 27.9 Å². The summed E-state index contributed by atoms with van der Waals surface area (Å²) in [5.74, 6) is 0.716. The van der Waals surface area contributed by atoms with Gasteiger partial charge in [0.15, 0.2) is 0 Å². The third-order valence-electron chi connectivity index (χ3n) is 4.61. The van der Waals surface area contributed by atoms with Crippen molar-refractivity contribution in [3.8, 4) is 0 Å². The van der Waals surface area contributed by atoms with Crippen molar-refractivity contribution < 1.29 is 17.9 Å². The van der Waals surface area contributed by atoms with Crippen LogP contribution in [0.1, 0.15) is 0 Å². The molecule has 2 aromatic carbocycles. The summed E-state index contributed by atoms with van der Waals surface area (Å²) in [6, 6.07) is 14.2. The fourth-order valence-corrected chi connectivity index (χ4v) is 3.54. The normalized spacial score (nSPS) is 13.9. The number of anilines is 5. The minimum atomic E-state index is -3.82. The SMILES string of the molecule is NS(=O)(=O)c1ccc(NC(=O)Nc2nc(Nc3ccccc3)nc(N3CCOCC3)n2)cc1. The first-order valence-electron chi connectivity index (χ1n) is 9.98. The zero-order valence-corrected chi connectivity index (χ0v) is 18.2. The largest absolute Gasteiger partial charge is 0.378 e. The van der Waals surface area contributed by atoms with Crippen LogP contribution in [0, 0.1) is 0 Å². The lowest BCUT2D eigenvalue weighted by Crippen LogP contribution is -2.37. The first-order chi connectivity index (χ1) is 15.9. The standard InChI is InChI=1S/C20H22N8O4S/c21-33(30,31)16-8-6-15(7-9-16)23-20(29)27-18-24-17(22-14-4-2-1-3-5-14)25-19(26-18)28-10-12-32-13-11-28/h1-9H,10-13H2,(H2,21,30,31)(H3,22,23,24,25,26,27,29). The van der Waals surface area contributed by atoms with Gasteiger partial charge in [-0.05, 0) is 36.4 Å². The van der Waals surface area contributed by atoms with E-state index in [1.807, 2.05) is 35.2 Å². The third kappa shape index (κ3) is 6.12. The van der Waals surface area contributed by atoms with E-state index in [1.54, 1.807) is 0 Å². The second-order valence-corrected chi connectivity index (χ2v) is 8.58. The molecule has 0 aliphatic carbocycles. The van der Waals surface area contributed by atoms with Crippen LogP contribution < -0.4 is 26.0 Å². The summed E-state index contributed by atoms with van der Waals surface area (Å²) >= 11 is 0. The molecule has 2 heterocycles. The predicted molar refractivity (Wildman–Crippen MR) is 123 cm³/mol. The Morgan fingerprint density at radius 3 is 2.21 bits per heavy atom. The maximum absolute atomic E-state index is 12.5. The van der Waals surface area contributed by atoms with E-state index in [0.29, 0.717) is 37.9 Å². The molecule has 172 valence electrons. The van der Waals surface area contributed by atoms with Crippen molar-refractivity contribution >= 4 is 45.3 Å². The van der Waals surface area contributed by atoms with Gasteiger partial charge >= 0.3 is 6.03 Å². The number of carbonyl (C=O) groups is 1. The van der Waals surface area contributed by atoms with Crippen molar-refractivity contribution in [1.82, 2.24) is 15.0 Å². The Morgan fingerprint density at radius 1 is 0.879 bits per heavy atom. The molecule has 1 aliphatic heterocycles. The number of hydrogen-bond donors (Lipinski definition) is 4. The van der Waals surface area contributed by atoms with Gasteiger partial charge in [-0.3, -0.25) is 5.32 Å². The summed E-state index contributed by atoms with van der Waals surface area (Å²) in [4.78, 5) is 27.5. The minimum absolute atomic E-state index is 0.0450. The van der Waals surface area contributed by atoms with E-state index < -0.39 is 16.1 Å². The van der Waals surface area contributed by atoms with Gasteiger partial charge in [-0.15, -0.1) is 0 Å². The number of primary sulfonamides is 1. The number of amides is 2. The van der Waals surface area contributed by atoms with Crippen LogP contribution in [-0.4, -0.2) is 55.7 Å². The van der Waals surface area contributed by atoms with Crippen LogP contribution in [0.5, 0.6) is 0 Å². The molecule has 1 aliphatic rings. The number of rotatable bonds is 6. The molecule has 0 unspecified atom stereocenters. The van der Waals surface area contributed by atoms with Crippen LogP contribution in [0.4, 0.5) is 34.0 Å². The fourth-order valence-electron chi connectivity index (χ4n) is 3.02. The quantitative estimate of drug-likeness (QED) is 0.420. The molecule has 3 aromatic rings. The Balaban J connectivity index is 1.52. The summed E-state index contributed by atoms with van der Waals surface area (Å²) < 4.78 is 28.1. The second-order valence-electron chi connectivity index (χ2n) is 7.02. The van der Waals surface area contributed by atoms with E-state index in [-0.39, 0.29) is 16.8 Å². The summed E-state index contributed by atoms with van der Waals surface area (Å²) in [5.41, 5.74) is 1.15. The summed E-state index contributed by atoms with van der Waals surface area (Å²) in [6.45, 7) is 2.31. The van der Waals surface area contributed by atoms with Crippen LogP contribution >= 0.6 is 0 Å². The molecule has 0 radical (unpaired) electrons. The molecule has 0 saturated carbocycles. The van der Waals surface area contributed by atoms with Gasteiger partial charge in [0.05, 0.1) is 18.1 Å². The number of urea groups is 1. The number of sulfonamides is 1. The average Bonchev–Trinajstić information content (AvgIpc) is 2.80. The number of aromatic nitrogens is 3. The van der Waals surface area contributed by atoms with Crippen molar-refractivity contribution in [3.63, 3.8) is 0 Å². The molecular weight excluding hydrogens is 448 g/mol. The highest BCUT2D eigenvalue weighted by Gasteiger charge is 2.18. The second kappa shape index (κ2) is 9.77. The van der Waals surface area contributed by atoms with E-state index in [4.69, 9.17) is 9.88 Å². The topological polar surface area (TPSA) is 164 Å². The number of nitrogens with two attached hydrogens (primary N) is 1. The number of hydrogen-bond acceptors (Lipinski definition) is 9. The Labute approximate surface area is 190 Å². The van der Waals surface area contributed by atoms with E-state index >= 15 is 0 Å². The van der Waals surface area contributed by atoms with Crippen molar-refractivity contribution in [3.05, 3.63) is 54.6 Å². The van der Waals surface area contributed by atoms with Crippen molar-refractivity contribution in [2.75, 3.05) is 47.2 Å². The molecule has 0 bridgehead atoms. The van der Waals surface area contributed by atoms with Crippen molar-refractivity contribution in [2.45, 2.75) is 4.90 Å². The van der Waals surface area contributed by atoms with Crippen LogP contribution in [-0.2, 0) is 14.8 Å². The molecule has 1 saturated heterocycles. The van der Waals surface area contributed by atoms with Gasteiger partial charge in [0, 0.05) is 24.5 Å². The first kappa shape index (κ1) is 22.4. The van der Waals surface area contributed by atoms with Gasteiger partial charge in [-0.1, -0.05) is 18.2 Å². The highest BCUT2D eigenvalue weighted by molar-refractivity contribution is 7.89. The van der Waals surface area contributed by atoms with E-state index in [0.717, 1.165) is 5.69 Å². The fraction of sp³-hybridized carbons (Fsp3) is 0.200. The zero-order chi connectivity index (χ0) is 23.3. The summed E-state index contributed by atoms with van der Waals surface area (Å²) in [6.07, 6.45) is 0. The lowest BCUT2D eigenvalue weighted by atomic mass is 10.3. The molecule has 0 spiro atoms. The molecule has 1 aromatic heterocycles. The van der Waals surface area contributed by atoms with Gasteiger partial charge in [0.25, 0.3) is 0 Å². The maximum atomic E-state index is 12.5. The Hall–Kier alpha value is -3.81. The number of carbonyl (C=O) groups excluding carboxylic acids is 1. The van der Waals surface area contributed by atoms with Gasteiger partial charge in [0.1, 0.15) is 0 Å². The molecule has 4 rings (SSSR count). The number of ether oxygens (including phenoxy) is 1. The average molecular weight is 471 g/mol. The summed E-state index contributed by atoms with van der Waals surface area (Å²) in [5, 5.41) is 13.4. The summed E-state index contributed by atoms with van der Waals surface area (Å²) in [7, 11) is -3.82. The predicted octanol–water partition coefficient (Wildman–Crippen LogP) is 1.74. The Bertz CT molecular complexity index is 1220. The van der Waals surface area contributed by atoms with Crippen LogP contribution in [0.2, 0.25) is 0 Å². The van der Waals surface area contributed by atoms with Crippen molar-refractivity contribution in [2.24, 2.45) is 5.14 Å². The lowest BCUT2D eigenvalue weighted by molar-refractivity contribution is 0.122.